The molecule has 1 rings (SSSR count). The van der Waals surface area contributed by atoms with Crippen LogP contribution in [0.3, 0.4) is 0 Å². The number of halogens is 1. The molecule has 1 N–H and O–H groups in total. The maximum Gasteiger partial charge on any atom is 0.211 e. The van der Waals surface area contributed by atoms with Crippen molar-refractivity contribution in [2.75, 3.05) is 5.32 Å². The Morgan fingerprint density at radius 1 is 1.42 bits per heavy atom. The van der Waals surface area contributed by atoms with E-state index in [0.717, 1.165) is 11.1 Å². The van der Waals surface area contributed by atoms with Crippen LogP contribution >= 0.6 is 0 Å². The molecule has 2 nitrogen and oxygen atoms in total. The van der Waals surface area contributed by atoms with Crippen molar-refractivity contribution < 1.29 is 9.18 Å². The first-order valence-electron chi connectivity index (χ1n) is 3.62. The Labute approximate surface area is 70.4 Å². The van der Waals surface area contributed by atoms with Gasteiger partial charge in [0.1, 0.15) is 5.82 Å². The molecule has 1 amide bonds. The van der Waals surface area contributed by atoms with Gasteiger partial charge in [-0.1, -0.05) is 6.07 Å². The van der Waals surface area contributed by atoms with Crippen molar-refractivity contribution in [1.29, 1.82) is 0 Å². The van der Waals surface area contributed by atoms with E-state index in [1.54, 1.807) is 13.8 Å². The number of nitrogens with one attached hydrogen (secondary N) is 1. The molecule has 0 saturated heterocycles. The number of aryl methyl sites for hydroxylation is 2. The molecule has 0 atom stereocenters. The summed E-state index contributed by atoms with van der Waals surface area (Å²) in [5.74, 6) is -0.389. The van der Waals surface area contributed by atoms with Gasteiger partial charge in [0.15, 0.2) is 0 Å². The molecule has 3 heteroatoms. The molecular weight excluding hydrogens is 157 g/mol. The molecule has 0 unspecified atom stereocenters. The molecular formula is C9H10FNO. The predicted molar refractivity (Wildman–Crippen MR) is 45.6 cm³/mol. The van der Waals surface area contributed by atoms with Gasteiger partial charge >= 0.3 is 0 Å². The number of carbonyl (C=O) groups is 1. The fourth-order valence-corrected chi connectivity index (χ4v) is 1.16. The summed E-state index contributed by atoms with van der Waals surface area (Å²) in [6.45, 7) is 3.56. The second-order valence-corrected chi connectivity index (χ2v) is 2.70. The van der Waals surface area contributed by atoms with Crippen molar-refractivity contribution in [1.82, 2.24) is 0 Å². The summed E-state index contributed by atoms with van der Waals surface area (Å²) >= 11 is 0. The van der Waals surface area contributed by atoms with E-state index in [4.69, 9.17) is 0 Å². The molecule has 1 aromatic rings. The van der Waals surface area contributed by atoms with E-state index in [0.29, 0.717) is 6.41 Å². The average molecular weight is 167 g/mol. The standard InChI is InChI=1S/C9H10FNO/c1-6-3-7(2)9(11-5-12)8(10)4-6/h3-5H,1-2H3,(H,11,12). The molecule has 0 saturated carbocycles. The number of rotatable bonds is 2. The lowest BCUT2D eigenvalue weighted by atomic mass is 10.1. The molecule has 12 heavy (non-hydrogen) atoms. The smallest absolute Gasteiger partial charge is 0.211 e. The lowest BCUT2D eigenvalue weighted by Crippen LogP contribution is -2.00. The van der Waals surface area contributed by atoms with Crippen LogP contribution in [0.25, 0.3) is 0 Å². The van der Waals surface area contributed by atoms with Crippen LogP contribution < -0.4 is 5.32 Å². The molecule has 0 bridgehead atoms. The van der Waals surface area contributed by atoms with Crippen LogP contribution in [0.1, 0.15) is 11.1 Å². The third-order valence-electron chi connectivity index (χ3n) is 1.64. The first-order chi connectivity index (χ1) is 5.65. The Morgan fingerprint density at radius 3 is 2.58 bits per heavy atom. The van der Waals surface area contributed by atoms with E-state index in [1.165, 1.54) is 6.07 Å². The summed E-state index contributed by atoms with van der Waals surface area (Å²) in [5, 5.41) is 2.32. The number of benzene rings is 1. The number of hydrogen-bond donors (Lipinski definition) is 1. The van der Waals surface area contributed by atoms with Gasteiger partial charge in [-0.15, -0.1) is 0 Å². The van der Waals surface area contributed by atoms with Crippen LogP contribution in [-0.2, 0) is 4.79 Å². The van der Waals surface area contributed by atoms with E-state index in [2.05, 4.69) is 5.32 Å². The monoisotopic (exact) mass is 167 g/mol. The molecule has 64 valence electrons. The van der Waals surface area contributed by atoms with Crippen LogP contribution in [0.15, 0.2) is 12.1 Å². The Balaban J connectivity index is 3.18. The maximum absolute atomic E-state index is 13.1. The third-order valence-corrected chi connectivity index (χ3v) is 1.64. The predicted octanol–water partition coefficient (Wildman–Crippen LogP) is 2.01. The van der Waals surface area contributed by atoms with E-state index in [-0.39, 0.29) is 11.5 Å². The first kappa shape index (κ1) is 8.71. The lowest BCUT2D eigenvalue weighted by molar-refractivity contribution is -0.105. The summed E-state index contributed by atoms with van der Waals surface area (Å²) in [7, 11) is 0. The second-order valence-electron chi connectivity index (χ2n) is 2.70. The van der Waals surface area contributed by atoms with Crippen molar-refractivity contribution in [3.8, 4) is 0 Å². The topological polar surface area (TPSA) is 29.1 Å². The molecule has 1 aromatic carbocycles. The zero-order chi connectivity index (χ0) is 9.14. The normalized spacial score (nSPS) is 9.58. The van der Waals surface area contributed by atoms with Gasteiger partial charge in [0, 0.05) is 0 Å². The second kappa shape index (κ2) is 3.34. The zero-order valence-electron chi connectivity index (χ0n) is 7.02. The summed E-state index contributed by atoms with van der Waals surface area (Å²) in [4.78, 5) is 10.1. The fourth-order valence-electron chi connectivity index (χ4n) is 1.16. The van der Waals surface area contributed by atoms with Crippen LogP contribution in [0, 0.1) is 19.7 Å². The third kappa shape index (κ3) is 1.61. The van der Waals surface area contributed by atoms with E-state index < -0.39 is 0 Å². The van der Waals surface area contributed by atoms with Gasteiger partial charge in [0.05, 0.1) is 5.69 Å². The minimum Gasteiger partial charge on any atom is -0.326 e. The summed E-state index contributed by atoms with van der Waals surface area (Å²) in [5.41, 5.74) is 1.84. The van der Waals surface area contributed by atoms with E-state index in [9.17, 15) is 9.18 Å². The molecule has 0 aliphatic heterocycles. The van der Waals surface area contributed by atoms with Gasteiger partial charge in [-0.05, 0) is 31.0 Å². The first-order valence-corrected chi connectivity index (χ1v) is 3.62. The van der Waals surface area contributed by atoms with E-state index in [1.807, 2.05) is 6.07 Å². The minimum atomic E-state index is -0.389. The number of hydrogen-bond acceptors (Lipinski definition) is 1. The van der Waals surface area contributed by atoms with Gasteiger partial charge in [0.2, 0.25) is 6.41 Å². The molecule has 0 heterocycles. The highest BCUT2D eigenvalue weighted by Gasteiger charge is 2.04. The van der Waals surface area contributed by atoms with Gasteiger partial charge in [-0.3, -0.25) is 4.79 Å². The van der Waals surface area contributed by atoms with Crippen LogP contribution in [-0.4, -0.2) is 6.41 Å². The quantitative estimate of drug-likeness (QED) is 0.671. The Morgan fingerprint density at radius 2 is 2.08 bits per heavy atom. The summed E-state index contributed by atoms with van der Waals surface area (Å²) in [6.07, 6.45) is 0.473. The molecule has 0 aromatic heterocycles. The molecule has 0 radical (unpaired) electrons. The van der Waals surface area contributed by atoms with Crippen molar-refractivity contribution in [2.24, 2.45) is 0 Å². The number of carbonyl (C=O) groups excluding carboxylic acids is 1. The summed E-state index contributed by atoms with van der Waals surface area (Å²) in [6, 6.07) is 3.20. The SMILES string of the molecule is Cc1cc(C)c(NC=O)c(F)c1. The van der Waals surface area contributed by atoms with Crippen LogP contribution in [0.5, 0.6) is 0 Å². The fraction of sp³-hybridized carbons (Fsp3) is 0.222. The molecule has 0 fully saturated rings. The van der Waals surface area contributed by atoms with Crippen molar-refractivity contribution >= 4 is 12.1 Å². The highest BCUT2D eigenvalue weighted by molar-refractivity contribution is 5.73. The lowest BCUT2D eigenvalue weighted by Gasteiger charge is -2.05. The highest BCUT2D eigenvalue weighted by atomic mass is 19.1. The Bertz CT molecular complexity index is 286. The molecule has 0 aliphatic rings. The summed E-state index contributed by atoms with van der Waals surface area (Å²) < 4.78 is 13.1. The molecule has 0 spiro atoms. The van der Waals surface area contributed by atoms with Gasteiger partial charge < -0.3 is 5.32 Å². The zero-order valence-corrected chi connectivity index (χ0v) is 7.02. The minimum absolute atomic E-state index is 0.260. The maximum atomic E-state index is 13.1. The highest BCUT2D eigenvalue weighted by Crippen LogP contribution is 2.19. The Hall–Kier alpha value is -1.38. The van der Waals surface area contributed by atoms with Gasteiger partial charge in [0.25, 0.3) is 0 Å². The molecule has 0 aliphatic carbocycles. The van der Waals surface area contributed by atoms with Crippen molar-refractivity contribution in [2.45, 2.75) is 13.8 Å². The number of amides is 1. The largest absolute Gasteiger partial charge is 0.326 e. The van der Waals surface area contributed by atoms with Crippen LogP contribution in [0.4, 0.5) is 10.1 Å². The van der Waals surface area contributed by atoms with Gasteiger partial charge in [-0.25, -0.2) is 4.39 Å². The van der Waals surface area contributed by atoms with E-state index >= 15 is 0 Å². The van der Waals surface area contributed by atoms with Crippen molar-refractivity contribution in [3.05, 3.63) is 29.1 Å². The number of anilines is 1. The van der Waals surface area contributed by atoms with Gasteiger partial charge in [-0.2, -0.15) is 0 Å². The van der Waals surface area contributed by atoms with Crippen LogP contribution in [0.2, 0.25) is 0 Å². The van der Waals surface area contributed by atoms with Crippen molar-refractivity contribution in [3.63, 3.8) is 0 Å². The average Bonchev–Trinajstić information content (AvgIpc) is 1.96. The Kier molecular flexibility index (Phi) is 2.43.